The first-order valence-electron chi connectivity index (χ1n) is 8.91. The lowest BCUT2D eigenvalue weighted by Gasteiger charge is -2.34. The Morgan fingerprint density at radius 1 is 1.11 bits per heavy atom. The topological polar surface area (TPSA) is 96.6 Å². The average Bonchev–Trinajstić information content (AvgIpc) is 3.07. The highest BCUT2D eigenvalue weighted by Crippen LogP contribution is 2.22. The lowest BCUT2D eigenvalue weighted by atomic mass is 10.2. The monoisotopic (exact) mass is 392 g/mol. The molecule has 0 bridgehead atoms. The van der Waals surface area contributed by atoms with Crippen LogP contribution in [-0.4, -0.2) is 59.9 Å². The molecule has 27 heavy (non-hydrogen) atoms. The van der Waals surface area contributed by atoms with Gasteiger partial charge in [0.1, 0.15) is 0 Å². The Labute approximate surface area is 159 Å². The van der Waals surface area contributed by atoms with Gasteiger partial charge in [-0.1, -0.05) is 12.1 Å². The number of benzene rings is 1. The Hall–Kier alpha value is -2.26. The maximum Gasteiger partial charge on any atom is 0.243 e. The molecule has 0 atom stereocenters. The fourth-order valence-electron chi connectivity index (χ4n) is 3.11. The Balaban J connectivity index is 1.59. The van der Waals surface area contributed by atoms with Crippen molar-refractivity contribution < 1.29 is 17.6 Å². The minimum absolute atomic E-state index is 0.0327. The molecule has 2 heterocycles. The van der Waals surface area contributed by atoms with Crippen molar-refractivity contribution in [2.24, 2.45) is 0 Å². The van der Waals surface area contributed by atoms with Crippen molar-refractivity contribution in [3.63, 3.8) is 0 Å². The maximum absolute atomic E-state index is 12.9. The van der Waals surface area contributed by atoms with Crippen LogP contribution in [0.3, 0.4) is 0 Å². The van der Waals surface area contributed by atoms with Crippen LogP contribution in [0.5, 0.6) is 0 Å². The van der Waals surface area contributed by atoms with Crippen LogP contribution < -0.4 is 0 Å². The minimum atomic E-state index is -3.55. The second-order valence-corrected chi connectivity index (χ2v) is 8.67. The third kappa shape index (κ3) is 4.36. The highest BCUT2D eigenvalue weighted by atomic mass is 32.2. The third-order valence-electron chi connectivity index (χ3n) is 4.67. The lowest BCUT2D eigenvalue weighted by Crippen LogP contribution is -2.50. The normalized spacial score (nSPS) is 15.9. The van der Waals surface area contributed by atoms with Crippen LogP contribution >= 0.6 is 0 Å². The SMILES string of the molecule is Cc1ccc(C)c(S(=O)(=O)N2CCN(C(=O)CCc3nnc(C)o3)CC2)c1. The molecule has 0 aliphatic carbocycles. The maximum atomic E-state index is 12.9. The predicted molar refractivity (Wildman–Crippen MR) is 98.6 cm³/mol. The molecule has 3 rings (SSSR count). The molecule has 2 aromatic rings. The number of nitrogens with zero attached hydrogens (tertiary/aromatic N) is 4. The summed E-state index contributed by atoms with van der Waals surface area (Å²) in [4.78, 5) is 14.4. The van der Waals surface area contributed by atoms with Gasteiger partial charge < -0.3 is 9.32 Å². The van der Waals surface area contributed by atoms with Crippen molar-refractivity contribution in [3.8, 4) is 0 Å². The first-order chi connectivity index (χ1) is 12.8. The smallest absolute Gasteiger partial charge is 0.243 e. The first kappa shape index (κ1) is 19.5. The summed E-state index contributed by atoms with van der Waals surface area (Å²) in [5.74, 6) is 0.884. The van der Waals surface area contributed by atoms with Crippen LogP contribution in [-0.2, 0) is 21.2 Å². The number of hydrogen-bond acceptors (Lipinski definition) is 6. The summed E-state index contributed by atoms with van der Waals surface area (Å²) in [7, 11) is -3.55. The molecule has 146 valence electrons. The van der Waals surface area contributed by atoms with Gasteiger partial charge in [-0.05, 0) is 31.0 Å². The fourth-order valence-corrected chi connectivity index (χ4v) is 4.84. The molecular weight excluding hydrogens is 368 g/mol. The summed E-state index contributed by atoms with van der Waals surface area (Å²) in [5, 5.41) is 7.62. The molecule has 1 fully saturated rings. The van der Waals surface area contributed by atoms with Crippen molar-refractivity contribution in [1.29, 1.82) is 0 Å². The molecule has 1 aromatic carbocycles. The van der Waals surface area contributed by atoms with Gasteiger partial charge in [0.25, 0.3) is 0 Å². The van der Waals surface area contributed by atoms with Gasteiger partial charge in [0.05, 0.1) is 4.90 Å². The van der Waals surface area contributed by atoms with E-state index in [1.165, 1.54) is 4.31 Å². The molecule has 9 heteroatoms. The van der Waals surface area contributed by atoms with E-state index < -0.39 is 10.0 Å². The highest BCUT2D eigenvalue weighted by Gasteiger charge is 2.31. The van der Waals surface area contributed by atoms with Gasteiger partial charge in [0, 0.05) is 45.9 Å². The molecule has 0 unspecified atom stereocenters. The molecule has 0 radical (unpaired) electrons. The average molecular weight is 392 g/mol. The molecule has 0 saturated carbocycles. The molecule has 1 aromatic heterocycles. The molecule has 1 saturated heterocycles. The Morgan fingerprint density at radius 2 is 1.81 bits per heavy atom. The number of amides is 1. The number of aryl methyl sites for hydroxylation is 4. The van der Waals surface area contributed by atoms with Crippen molar-refractivity contribution >= 4 is 15.9 Å². The number of piperazine rings is 1. The fraction of sp³-hybridized carbons (Fsp3) is 0.500. The summed E-state index contributed by atoms with van der Waals surface area (Å²) < 4.78 is 32.6. The van der Waals surface area contributed by atoms with Crippen LogP contribution in [0.1, 0.15) is 29.3 Å². The molecule has 1 amide bonds. The minimum Gasteiger partial charge on any atom is -0.426 e. The van der Waals surface area contributed by atoms with Crippen molar-refractivity contribution in [3.05, 3.63) is 41.1 Å². The predicted octanol–water partition coefficient (Wildman–Crippen LogP) is 1.46. The number of carbonyl (C=O) groups is 1. The number of sulfonamides is 1. The highest BCUT2D eigenvalue weighted by molar-refractivity contribution is 7.89. The van der Waals surface area contributed by atoms with Crippen LogP contribution in [0.25, 0.3) is 0 Å². The molecule has 1 aliphatic rings. The summed E-state index contributed by atoms with van der Waals surface area (Å²) in [6, 6.07) is 5.42. The Bertz CT molecular complexity index is 931. The molecule has 8 nitrogen and oxygen atoms in total. The van der Waals surface area contributed by atoms with Crippen molar-refractivity contribution in [2.45, 2.75) is 38.5 Å². The van der Waals surface area contributed by atoms with E-state index in [1.54, 1.807) is 24.8 Å². The number of rotatable bonds is 5. The van der Waals surface area contributed by atoms with Gasteiger partial charge in [-0.3, -0.25) is 4.79 Å². The van der Waals surface area contributed by atoms with E-state index in [2.05, 4.69) is 10.2 Å². The van der Waals surface area contributed by atoms with Crippen LogP contribution in [0.15, 0.2) is 27.5 Å². The van der Waals surface area contributed by atoms with E-state index in [0.717, 1.165) is 11.1 Å². The van der Waals surface area contributed by atoms with Crippen LogP contribution in [0.2, 0.25) is 0 Å². The van der Waals surface area contributed by atoms with Gasteiger partial charge in [0.2, 0.25) is 27.7 Å². The van der Waals surface area contributed by atoms with E-state index in [1.807, 2.05) is 19.1 Å². The van der Waals surface area contributed by atoms with Gasteiger partial charge in [-0.25, -0.2) is 8.42 Å². The number of hydrogen-bond donors (Lipinski definition) is 0. The van der Waals surface area contributed by atoms with Gasteiger partial charge in [0.15, 0.2) is 0 Å². The van der Waals surface area contributed by atoms with Crippen molar-refractivity contribution in [1.82, 2.24) is 19.4 Å². The van der Waals surface area contributed by atoms with Crippen molar-refractivity contribution in [2.75, 3.05) is 26.2 Å². The summed E-state index contributed by atoms with van der Waals surface area (Å²) in [6.07, 6.45) is 0.659. The zero-order valence-corrected chi connectivity index (χ0v) is 16.6. The van der Waals surface area contributed by atoms with Gasteiger partial charge in [-0.15, -0.1) is 10.2 Å². The third-order valence-corrected chi connectivity index (χ3v) is 6.71. The summed E-state index contributed by atoms with van der Waals surface area (Å²) in [6.45, 7) is 6.72. The summed E-state index contributed by atoms with van der Waals surface area (Å²) >= 11 is 0. The molecule has 0 N–H and O–H groups in total. The zero-order valence-electron chi connectivity index (χ0n) is 15.8. The second kappa shape index (κ2) is 7.77. The molecule has 1 aliphatic heterocycles. The first-order valence-corrected chi connectivity index (χ1v) is 10.4. The van der Waals surface area contributed by atoms with E-state index in [4.69, 9.17) is 4.42 Å². The summed E-state index contributed by atoms with van der Waals surface area (Å²) in [5.41, 5.74) is 1.64. The largest absolute Gasteiger partial charge is 0.426 e. The Kier molecular flexibility index (Phi) is 5.61. The van der Waals surface area contributed by atoms with Crippen LogP contribution in [0.4, 0.5) is 0 Å². The Morgan fingerprint density at radius 3 is 2.44 bits per heavy atom. The molecule has 0 spiro atoms. The van der Waals surface area contributed by atoms with E-state index >= 15 is 0 Å². The van der Waals surface area contributed by atoms with E-state index in [0.29, 0.717) is 49.3 Å². The van der Waals surface area contributed by atoms with E-state index in [9.17, 15) is 13.2 Å². The van der Waals surface area contributed by atoms with Gasteiger partial charge >= 0.3 is 0 Å². The zero-order chi connectivity index (χ0) is 19.6. The van der Waals surface area contributed by atoms with Gasteiger partial charge in [-0.2, -0.15) is 4.31 Å². The van der Waals surface area contributed by atoms with E-state index in [-0.39, 0.29) is 12.3 Å². The standard InChI is InChI=1S/C18H24N4O4S/c1-13-4-5-14(2)16(12-13)27(24,25)22-10-8-21(9-11-22)18(23)7-6-17-20-19-15(3)26-17/h4-5,12H,6-11H2,1-3H3. The van der Waals surface area contributed by atoms with Crippen LogP contribution in [0, 0.1) is 20.8 Å². The number of aromatic nitrogens is 2. The number of carbonyl (C=O) groups excluding carboxylic acids is 1. The second-order valence-electron chi connectivity index (χ2n) is 6.77. The quantitative estimate of drug-likeness (QED) is 0.764. The lowest BCUT2D eigenvalue weighted by molar-refractivity contribution is -0.132. The molecular formula is C18H24N4O4S.